The summed E-state index contributed by atoms with van der Waals surface area (Å²) in [6.45, 7) is 3.96. The number of benzene rings is 1. The van der Waals surface area contributed by atoms with Gasteiger partial charge in [-0.15, -0.1) is 0 Å². The molecule has 0 aliphatic rings. The first-order valence-corrected chi connectivity index (χ1v) is 14.4. The van der Waals surface area contributed by atoms with Crippen LogP contribution in [0.3, 0.4) is 0 Å². The molecule has 36 heavy (non-hydrogen) atoms. The molecule has 0 unspecified atom stereocenters. The third-order valence-corrected chi connectivity index (χ3v) is 6.99. The molecule has 198 valence electrons. The summed E-state index contributed by atoms with van der Waals surface area (Å²) in [7, 11) is 0. The van der Waals surface area contributed by atoms with Gasteiger partial charge in [0.05, 0.1) is 5.69 Å². The highest BCUT2D eigenvalue weighted by Crippen LogP contribution is 2.22. The Morgan fingerprint density at radius 2 is 1.33 bits per heavy atom. The van der Waals surface area contributed by atoms with Crippen LogP contribution in [-0.4, -0.2) is 32.7 Å². The molecule has 1 aromatic carbocycles. The lowest BCUT2D eigenvalue weighted by atomic mass is 10.0. The van der Waals surface area contributed by atoms with Crippen molar-refractivity contribution in [1.29, 1.82) is 0 Å². The average molecular weight is 494 g/mol. The van der Waals surface area contributed by atoms with Gasteiger partial charge in [-0.3, -0.25) is 4.57 Å². The number of para-hydroxylation sites is 1. The molecule has 0 bridgehead atoms. The van der Waals surface area contributed by atoms with Crippen molar-refractivity contribution in [1.82, 2.24) is 19.5 Å². The predicted molar refractivity (Wildman–Crippen MR) is 151 cm³/mol. The molecule has 3 aromatic rings. The van der Waals surface area contributed by atoms with Crippen LogP contribution >= 0.6 is 0 Å². The minimum absolute atomic E-state index is 0.410. The molecule has 0 aliphatic carbocycles. The van der Waals surface area contributed by atoms with Crippen molar-refractivity contribution in [3.05, 3.63) is 42.5 Å². The van der Waals surface area contributed by atoms with E-state index in [9.17, 15) is 0 Å². The van der Waals surface area contributed by atoms with Gasteiger partial charge >= 0.3 is 0 Å². The largest absolute Gasteiger partial charge is 0.382 e. The molecule has 0 saturated carbocycles. The third-order valence-electron chi connectivity index (χ3n) is 6.99. The van der Waals surface area contributed by atoms with Crippen molar-refractivity contribution in [2.75, 3.05) is 18.9 Å². The van der Waals surface area contributed by atoms with E-state index in [1.54, 1.807) is 6.33 Å². The van der Waals surface area contributed by atoms with E-state index >= 15 is 0 Å². The van der Waals surface area contributed by atoms with Gasteiger partial charge in [-0.2, -0.15) is 0 Å². The number of fused-ring (bicyclic) bond motifs is 1. The van der Waals surface area contributed by atoms with Crippen molar-refractivity contribution in [3.63, 3.8) is 0 Å². The number of aryl methyl sites for hydroxylation is 1. The standard InChI is InChI=1S/C30H47N5O/c1-2-3-4-5-6-7-8-9-10-11-12-13-14-17-22-36-23-18-20-26-19-15-16-21-27(26)35-25-34-28-29(31)32-24-33-30(28)35/h15-16,19,21,24-25H,2-14,17-18,20,22-23H2,1H3,(H2,31,32,33). The van der Waals surface area contributed by atoms with Crippen LogP contribution in [0.1, 0.15) is 109 Å². The van der Waals surface area contributed by atoms with Crippen molar-refractivity contribution in [3.8, 4) is 5.69 Å². The zero-order chi connectivity index (χ0) is 25.3. The average Bonchev–Trinajstić information content (AvgIpc) is 3.33. The van der Waals surface area contributed by atoms with Gasteiger partial charge in [-0.1, -0.05) is 109 Å². The lowest BCUT2D eigenvalue weighted by Gasteiger charge is -2.11. The Kier molecular flexibility index (Phi) is 13.3. The second kappa shape index (κ2) is 17.1. The number of aromatic nitrogens is 4. The molecule has 3 rings (SSSR count). The van der Waals surface area contributed by atoms with Crippen LogP contribution < -0.4 is 5.73 Å². The highest BCUT2D eigenvalue weighted by molar-refractivity contribution is 5.82. The summed E-state index contributed by atoms with van der Waals surface area (Å²) in [6, 6.07) is 8.39. The first-order chi connectivity index (χ1) is 17.8. The molecule has 0 spiro atoms. The van der Waals surface area contributed by atoms with E-state index in [4.69, 9.17) is 10.5 Å². The van der Waals surface area contributed by atoms with Crippen LogP contribution in [0.25, 0.3) is 16.9 Å². The second-order valence-corrected chi connectivity index (χ2v) is 9.99. The van der Waals surface area contributed by atoms with Crippen LogP contribution in [0.2, 0.25) is 0 Å². The van der Waals surface area contributed by atoms with Gasteiger partial charge in [-0.25, -0.2) is 15.0 Å². The molecule has 0 aliphatic heterocycles. The molecule has 2 N–H and O–H groups in total. The monoisotopic (exact) mass is 493 g/mol. The normalized spacial score (nSPS) is 11.5. The van der Waals surface area contributed by atoms with Crippen molar-refractivity contribution in [2.45, 2.75) is 110 Å². The quantitative estimate of drug-likeness (QED) is 0.162. The molecule has 2 heterocycles. The molecule has 0 radical (unpaired) electrons. The Labute approximate surface area is 218 Å². The second-order valence-electron chi connectivity index (χ2n) is 9.99. The van der Waals surface area contributed by atoms with Gasteiger partial charge in [0.2, 0.25) is 0 Å². The number of hydrogen-bond acceptors (Lipinski definition) is 5. The van der Waals surface area contributed by atoms with E-state index < -0.39 is 0 Å². The van der Waals surface area contributed by atoms with Crippen LogP contribution in [-0.2, 0) is 11.2 Å². The number of ether oxygens (including phenoxy) is 1. The highest BCUT2D eigenvalue weighted by atomic mass is 16.5. The number of unbranched alkanes of at least 4 members (excludes halogenated alkanes) is 13. The number of rotatable bonds is 20. The maximum atomic E-state index is 5.95. The molecule has 0 fully saturated rings. The SMILES string of the molecule is CCCCCCCCCCCCCCCCOCCCc1ccccc1-n1cnc2c(N)ncnc21. The van der Waals surface area contributed by atoms with E-state index in [-0.39, 0.29) is 0 Å². The van der Waals surface area contributed by atoms with Gasteiger partial charge in [0.15, 0.2) is 17.0 Å². The lowest BCUT2D eigenvalue weighted by Crippen LogP contribution is -2.03. The number of imidazole rings is 1. The predicted octanol–water partition coefficient (Wildman–Crippen LogP) is 7.83. The summed E-state index contributed by atoms with van der Waals surface area (Å²) in [4.78, 5) is 12.8. The lowest BCUT2D eigenvalue weighted by molar-refractivity contribution is 0.127. The van der Waals surface area contributed by atoms with E-state index in [1.165, 1.54) is 102 Å². The molecule has 2 aromatic heterocycles. The Balaban J connectivity index is 1.20. The van der Waals surface area contributed by atoms with Crippen LogP contribution in [0, 0.1) is 0 Å². The summed E-state index contributed by atoms with van der Waals surface area (Å²) in [5.74, 6) is 0.410. The Morgan fingerprint density at radius 3 is 2.03 bits per heavy atom. The summed E-state index contributed by atoms with van der Waals surface area (Å²) in [6.07, 6.45) is 24.6. The first-order valence-electron chi connectivity index (χ1n) is 14.4. The van der Waals surface area contributed by atoms with Gasteiger partial charge in [0, 0.05) is 13.2 Å². The Bertz CT molecular complexity index is 986. The molecule has 0 saturated heterocycles. The molecule has 0 atom stereocenters. The third kappa shape index (κ3) is 9.53. The van der Waals surface area contributed by atoms with Crippen molar-refractivity contribution < 1.29 is 4.74 Å². The van der Waals surface area contributed by atoms with Gasteiger partial charge in [0.25, 0.3) is 0 Å². The number of nitrogen functional groups attached to an aromatic ring is 1. The fourth-order valence-electron chi connectivity index (χ4n) is 4.85. The zero-order valence-electron chi connectivity index (χ0n) is 22.5. The number of anilines is 1. The minimum atomic E-state index is 0.410. The fraction of sp³-hybridized carbons (Fsp3) is 0.633. The van der Waals surface area contributed by atoms with Gasteiger partial charge < -0.3 is 10.5 Å². The topological polar surface area (TPSA) is 78.9 Å². The molecular formula is C30H47N5O. The Morgan fingerprint density at radius 1 is 0.722 bits per heavy atom. The van der Waals surface area contributed by atoms with Gasteiger partial charge in [0.1, 0.15) is 12.7 Å². The molecule has 0 amide bonds. The smallest absolute Gasteiger partial charge is 0.170 e. The minimum Gasteiger partial charge on any atom is -0.382 e. The Hall–Kier alpha value is -2.47. The summed E-state index contributed by atoms with van der Waals surface area (Å²) >= 11 is 0. The number of nitrogens with zero attached hydrogens (tertiary/aromatic N) is 4. The summed E-state index contributed by atoms with van der Waals surface area (Å²) in [5.41, 5.74) is 9.68. The summed E-state index contributed by atoms with van der Waals surface area (Å²) in [5, 5.41) is 0. The van der Waals surface area contributed by atoms with E-state index in [0.717, 1.165) is 37.4 Å². The van der Waals surface area contributed by atoms with Crippen LogP contribution in [0.5, 0.6) is 0 Å². The van der Waals surface area contributed by atoms with Crippen molar-refractivity contribution in [2.24, 2.45) is 0 Å². The summed E-state index contributed by atoms with van der Waals surface area (Å²) < 4.78 is 7.92. The molecule has 6 nitrogen and oxygen atoms in total. The van der Waals surface area contributed by atoms with Crippen molar-refractivity contribution >= 4 is 17.0 Å². The number of nitrogens with two attached hydrogens (primary N) is 1. The number of hydrogen-bond donors (Lipinski definition) is 1. The van der Waals surface area contributed by atoms with E-state index in [0.29, 0.717) is 11.3 Å². The van der Waals surface area contributed by atoms with E-state index in [2.05, 4.69) is 40.1 Å². The maximum Gasteiger partial charge on any atom is 0.170 e. The van der Waals surface area contributed by atoms with Crippen LogP contribution in [0.4, 0.5) is 5.82 Å². The van der Waals surface area contributed by atoms with E-state index in [1.807, 2.05) is 10.6 Å². The first kappa shape index (κ1) is 28.1. The highest BCUT2D eigenvalue weighted by Gasteiger charge is 2.11. The molecular weight excluding hydrogens is 446 g/mol. The fourth-order valence-corrected chi connectivity index (χ4v) is 4.85. The van der Waals surface area contributed by atoms with Gasteiger partial charge in [-0.05, 0) is 30.9 Å². The molecule has 6 heteroatoms. The zero-order valence-corrected chi connectivity index (χ0v) is 22.5. The maximum absolute atomic E-state index is 5.95. The van der Waals surface area contributed by atoms with Crippen LogP contribution in [0.15, 0.2) is 36.9 Å².